The molecule has 0 aliphatic rings. The number of rotatable bonds is 54. The number of hydrogen-bond donors (Lipinski definition) is 8. The molecule has 0 amide bonds. The van der Waals surface area contributed by atoms with Gasteiger partial charge in [0.05, 0.1) is 105 Å². The van der Waals surface area contributed by atoms with Crippen molar-refractivity contribution in [1.29, 1.82) is 0 Å². The van der Waals surface area contributed by atoms with Crippen LogP contribution < -0.4 is 0 Å². The first kappa shape index (κ1) is 68.5. The van der Waals surface area contributed by atoms with Crippen molar-refractivity contribution in [3.63, 3.8) is 0 Å². The van der Waals surface area contributed by atoms with E-state index in [1.54, 1.807) is 6.20 Å². The van der Waals surface area contributed by atoms with Gasteiger partial charge in [0, 0.05) is 12.8 Å². The molecular weight excluding hydrogens is 959 g/mol. The average molecular weight is 1060 g/mol. The molecule has 0 spiro atoms. The van der Waals surface area contributed by atoms with Gasteiger partial charge in [-0.1, -0.05) is 122 Å². The molecule has 0 aliphatic heterocycles. The second kappa shape index (κ2) is 47.9. The Hall–Kier alpha value is -2.52. The van der Waals surface area contributed by atoms with Crippen molar-refractivity contribution < 1.29 is 93.1 Å². The van der Waals surface area contributed by atoms with E-state index in [4.69, 9.17) is 42.6 Å². The lowest BCUT2D eigenvalue weighted by Crippen LogP contribution is -2.37. The number of carbonyl (C=O) groups is 2. The quantitative estimate of drug-likeness (QED) is 0.0344. The number of aliphatic hydroxyl groups excluding tert-OH is 8. The lowest BCUT2D eigenvalue weighted by Gasteiger charge is -2.25. The SMILES string of the molecule is CCCCCCCCCCCC(=O)OCC(COC(=O)CCCCCCCCCCC)n1cc(COC(COC(COCC(O)CO)COCC(O)CO)COC(COCC(O)CO)COCC(O)CO)nn1. The number of aliphatic hydroxyl groups is 8. The molecule has 1 rings (SSSR count). The molecule has 1 heterocycles. The zero-order valence-electron chi connectivity index (χ0n) is 44.3. The molecule has 73 heavy (non-hydrogen) atoms. The summed E-state index contributed by atoms with van der Waals surface area (Å²) in [7, 11) is 0. The third-order valence-electron chi connectivity index (χ3n) is 11.6. The molecule has 4 unspecified atom stereocenters. The van der Waals surface area contributed by atoms with Crippen LogP contribution in [0.25, 0.3) is 0 Å². The van der Waals surface area contributed by atoms with E-state index in [-0.39, 0.29) is 111 Å². The van der Waals surface area contributed by atoms with Crippen molar-refractivity contribution in [3.05, 3.63) is 11.9 Å². The van der Waals surface area contributed by atoms with Crippen LogP contribution in [-0.2, 0) is 58.8 Å². The highest BCUT2D eigenvalue weighted by Crippen LogP contribution is 2.16. The van der Waals surface area contributed by atoms with Crippen LogP contribution in [0.15, 0.2) is 6.20 Å². The van der Waals surface area contributed by atoms with Crippen LogP contribution in [0, 0.1) is 0 Å². The summed E-state index contributed by atoms with van der Waals surface area (Å²) in [5.74, 6) is -0.709. The molecule has 4 atom stereocenters. The Bertz CT molecular complexity index is 1290. The zero-order valence-corrected chi connectivity index (χ0v) is 44.3. The Morgan fingerprint density at radius 2 is 0.781 bits per heavy atom. The molecule has 0 radical (unpaired) electrons. The molecule has 22 nitrogen and oxygen atoms in total. The van der Waals surface area contributed by atoms with Gasteiger partial charge in [0.25, 0.3) is 0 Å². The number of aromatic nitrogens is 3. The lowest BCUT2D eigenvalue weighted by molar-refractivity contribution is -0.148. The van der Waals surface area contributed by atoms with E-state index < -0.39 is 75.2 Å². The smallest absolute Gasteiger partial charge is 0.305 e. The first-order chi connectivity index (χ1) is 35.5. The summed E-state index contributed by atoms with van der Waals surface area (Å²) in [5.41, 5.74) is 0.357. The number of esters is 2. The number of nitrogens with zero attached hydrogens (tertiary/aromatic N) is 3. The second-order valence-electron chi connectivity index (χ2n) is 18.7. The zero-order chi connectivity index (χ0) is 53.6. The van der Waals surface area contributed by atoms with Crippen molar-refractivity contribution in [3.8, 4) is 0 Å². The maximum Gasteiger partial charge on any atom is 0.305 e. The maximum absolute atomic E-state index is 12.9. The molecule has 0 bridgehead atoms. The molecule has 0 saturated carbocycles. The molecule has 0 aliphatic carbocycles. The van der Waals surface area contributed by atoms with Crippen molar-refractivity contribution in [2.24, 2.45) is 0 Å². The average Bonchev–Trinajstić information content (AvgIpc) is 3.87. The number of hydrogen-bond acceptors (Lipinski definition) is 21. The van der Waals surface area contributed by atoms with Crippen LogP contribution in [0.1, 0.15) is 154 Å². The summed E-state index contributed by atoms with van der Waals surface area (Å²) in [5, 5.41) is 84.8. The topological polar surface area (TPSA) is 310 Å². The van der Waals surface area contributed by atoms with E-state index in [1.807, 2.05) is 0 Å². The van der Waals surface area contributed by atoms with E-state index in [0.717, 1.165) is 38.5 Å². The molecule has 22 heteroatoms. The highest BCUT2D eigenvalue weighted by atomic mass is 16.6. The van der Waals surface area contributed by atoms with Crippen LogP contribution in [-0.4, -0.2) is 216 Å². The van der Waals surface area contributed by atoms with Gasteiger partial charge in [0.1, 0.15) is 67.7 Å². The van der Waals surface area contributed by atoms with E-state index in [2.05, 4.69) is 24.2 Å². The van der Waals surface area contributed by atoms with E-state index in [9.17, 15) is 50.4 Å². The van der Waals surface area contributed by atoms with Crippen molar-refractivity contribution in [2.75, 3.05) is 106 Å². The maximum atomic E-state index is 12.9. The van der Waals surface area contributed by atoms with Crippen molar-refractivity contribution in [2.45, 2.75) is 198 Å². The molecule has 1 aromatic rings. The molecule has 8 N–H and O–H groups in total. The molecular formula is C51H97N3O19. The largest absolute Gasteiger partial charge is 0.463 e. The summed E-state index contributed by atoms with van der Waals surface area (Å²) in [6.07, 6.45) is 15.2. The summed E-state index contributed by atoms with van der Waals surface area (Å²) < 4.78 is 53.5. The normalized spacial score (nSPS) is 14.8. The summed E-state index contributed by atoms with van der Waals surface area (Å²) in [4.78, 5) is 25.8. The Morgan fingerprint density at radius 3 is 1.12 bits per heavy atom. The van der Waals surface area contributed by atoms with E-state index in [1.165, 1.54) is 68.9 Å². The van der Waals surface area contributed by atoms with Gasteiger partial charge in [0.15, 0.2) is 0 Å². The van der Waals surface area contributed by atoms with Gasteiger partial charge in [-0.05, 0) is 12.8 Å². The minimum atomic E-state index is -1.14. The Kier molecular flexibility index (Phi) is 44.9. The van der Waals surface area contributed by atoms with E-state index >= 15 is 0 Å². The summed E-state index contributed by atoms with van der Waals surface area (Å²) in [6, 6.07) is -0.688. The summed E-state index contributed by atoms with van der Waals surface area (Å²) >= 11 is 0. The molecule has 1 aromatic heterocycles. The standard InChI is InChI=1S/C51H97N3O19/c1-3-5-7-9-11-13-15-17-19-21-50(63)72-29-42(30-73-51(64)22-20-18-16-14-12-10-8-6-4-2)54-23-41(52-53-54)28-69-49(39-70-47(35-65-31-43(59)24-55)36-66-32-44(60)25-56)40-71-48(37-67-33-45(61)26-57)38-68-34-46(62)27-58/h23,42-49,55-62H,3-22,24-40H2,1-2H3. The first-order valence-corrected chi connectivity index (χ1v) is 27.0. The fraction of sp³-hybridized carbons (Fsp3) is 0.922. The lowest BCUT2D eigenvalue weighted by atomic mass is 10.1. The Labute approximate surface area is 434 Å². The third-order valence-corrected chi connectivity index (χ3v) is 11.6. The number of unbranched alkanes of at least 4 members (excludes halogenated alkanes) is 16. The number of carbonyl (C=O) groups excluding carboxylic acids is 2. The minimum absolute atomic E-state index is 0.103. The molecule has 0 fully saturated rings. The van der Waals surface area contributed by atoms with Crippen molar-refractivity contribution >= 4 is 11.9 Å². The van der Waals surface area contributed by atoms with Crippen LogP contribution in [0.5, 0.6) is 0 Å². The third kappa shape index (κ3) is 39.5. The molecule has 430 valence electrons. The Morgan fingerprint density at radius 1 is 0.452 bits per heavy atom. The van der Waals surface area contributed by atoms with Crippen LogP contribution in [0.4, 0.5) is 0 Å². The molecule has 0 aromatic carbocycles. The van der Waals surface area contributed by atoms with Crippen LogP contribution >= 0.6 is 0 Å². The molecule has 0 saturated heterocycles. The van der Waals surface area contributed by atoms with Crippen LogP contribution in [0.2, 0.25) is 0 Å². The predicted octanol–water partition coefficient (Wildman–Crippen LogP) is 2.88. The number of ether oxygens (including phenoxy) is 9. The first-order valence-electron chi connectivity index (χ1n) is 27.0. The van der Waals surface area contributed by atoms with Gasteiger partial charge < -0.3 is 83.5 Å². The highest BCUT2D eigenvalue weighted by molar-refractivity contribution is 5.69. The summed E-state index contributed by atoms with van der Waals surface area (Å²) in [6.45, 7) is 0.430. The van der Waals surface area contributed by atoms with Gasteiger partial charge in [-0.15, -0.1) is 5.10 Å². The van der Waals surface area contributed by atoms with Gasteiger partial charge in [0.2, 0.25) is 0 Å². The predicted molar refractivity (Wildman–Crippen MR) is 268 cm³/mol. The van der Waals surface area contributed by atoms with Gasteiger partial charge in [-0.3, -0.25) is 9.59 Å². The van der Waals surface area contributed by atoms with Gasteiger partial charge in [-0.25, -0.2) is 4.68 Å². The second-order valence-corrected chi connectivity index (χ2v) is 18.7. The van der Waals surface area contributed by atoms with E-state index in [0.29, 0.717) is 18.5 Å². The fourth-order valence-electron chi connectivity index (χ4n) is 7.12. The van der Waals surface area contributed by atoms with Gasteiger partial charge in [-0.2, -0.15) is 0 Å². The van der Waals surface area contributed by atoms with Gasteiger partial charge >= 0.3 is 11.9 Å². The Balaban J connectivity index is 3.18. The van der Waals surface area contributed by atoms with Crippen molar-refractivity contribution in [1.82, 2.24) is 15.0 Å². The monoisotopic (exact) mass is 1060 g/mol. The minimum Gasteiger partial charge on any atom is -0.463 e. The fourth-order valence-corrected chi connectivity index (χ4v) is 7.12. The van der Waals surface area contributed by atoms with Crippen LogP contribution in [0.3, 0.4) is 0 Å². The highest BCUT2D eigenvalue weighted by Gasteiger charge is 2.23.